The van der Waals surface area contributed by atoms with Crippen LogP contribution in [0.1, 0.15) is 37.8 Å². The first-order valence-electron chi connectivity index (χ1n) is 7.74. The third-order valence-electron chi connectivity index (χ3n) is 3.24. The number of nitrogens with zero attached hydrogens (tertiary/aromatic N) is 2. The fourth-order valence-corrected chi connectivity index (χ4v) is 2.00. The monoisotopic (exact) mass is 322 g/mol. The molecule has 130 valence electrons. The average Bonchev–Trinajstić information content (AvgIpc) is 2.53. The molecular formula is C18H30N2O3. The lowest BCUT2D eigenvalue weighted by molar-refractivity contribution is -0.697. The van der Waals surface area contributed by atoms with Crippen LogP contribution in [0.25, 0.3) is 0 Å². The van der Waals surface area contributed by atoms with E-state index in [0.29, 0.717) is 0 Å². The number of aryl methyl sites for hydroxylation is 3. The van der Waals surface area contributed by atoms with Crippen molar-refractivity contribution in [3.63, 3.8) is 0 Å². The van der Waals surface area contributed by atoms with E-state index < -0.39 is 0 Å². The minimum Gasteiger partial charge on any atom is -0.870 e. The lowest BCUT2D eigenvalue weighted by Crippen LogP contribution is -2.32. The lowest BCUT2D eigenvalue weighted by Gasteiger charge is -1.94. The van der Waals surface area contributed by atoms with E-state index in [1.807, 2.05) is 29.1 Å². The Balaban J connectivity index is 0. The number of hydrogen-bond acceptors (Lipinski definition) is 3. The Hall–Kier alpha value is -1.82. The molecule has 0 aliphatic heterocycles. The molecule has 0 unspecified atom stereocenters. The van der Waals surface area contributed by atoms with E-state index in [1.54, 1.807) is 0 Å². The van der Waals surface area contributed by atoms with Crippen molar-refractivity contribution < 1.29 is 25.2 Å². The van der Waals surface area contributed by atoms with E-state index in [9.17, 15) is 0 Å². The van der Waals surface area contributed by atoms with Gasteiger partial charge in [-0.3, -0.25) is 0 Å². The summed E-state index contributed by atoms with van der Waals surface area (Å²) in [5.74, 6) is 0. The Morgan fingerprint density at radius 3 is 2.17 bits per heavy atom. The Bertz CT molecular complexity index is 514. The van der Waals surface area contributed by atoms with Gasteiger partial charge in [-0.15, -0.1) is 0 Å². The number of aliphatic hydroxyl groups is 1. The van der Waals surface area contributed by atoms with Crippen LogP contribution in [0, 0.1) is 6.92 Å². The van der Waals surface area contributed by atoms with Crippen LogP contribution in [-0.4, -0.2) is 16.1 Å². The van der Waals surface area contributed by atoms with Crippen molar-refractivity contribution in [1.82, 2.24) is 0 Å². The van der Waals surface area contributed by atoms with Crippen molar-refractivity contribution in [3.8, 4) is 0 Å². The first-order chi connectivity index (χ1) is 10.2. The molecule has 0 amide bonds. The molecule has 0 saturated heterocycles. The van der Waals surface area contributed by atoms with Gasteiger partial charge in [-0.2, -0.15) is 0 Å². The smallest absolute Gasteiger partial charge is 0.174 e. The van der Waals surface area contributed by atoms with Gasteiger partial charge in [0.1, 0.15) is 13.1 Å². The number of hydrogen-bond donors (Lipinski definition) is 1. The molecule has 0 spiro atoms. The number of pyridine rings is 2. The standard InChI is InChI=1S/C10H16N.C8H12NO.2H2O/c1-3-4-7-11-8-5-6-10(2)9-11;1-2-9-5-3-4-8(6-9)7-10;;/h5-6,8-9H,3-4,7H2,1-2H3;3-6,10H,2,7H2,1H3;2*1H2/q2*+1;;/p-2. The van der Waals surface area contributed by atoms with Gasteiger partial charge in [-0.25, -0.2) is 9.13 Å². The number of unbranched alkanes of at least 4 members (excludes halogenated alkanes) is 1. The summed E-state index contributed by atoms with van der Waals surface area (Å²) in [4.78, 5) is 0. The Morgan fingerprint density at radius 2 is 1.61 bits per heavy atom. The summed E-state index contributed by atoms with van der Waals surface area (Å²) >= 11 is 0. The molecular weight excluding hydrogens is 292 g/mol. The Morgan fingerprint density at radius 1 is 0.957 bits per heavy atom. The normalized spacial score (nSPS) is 9.04. The molecule has 5 heteroatoms. The Labute approximate surface area is 139 Å². The summed E-state index contributed by atoms with van der Waals surface area (Å²) < 4.78 is 4.28. The molecule has 0 atom stereocenters. The highest BCUT2D eigenvalue weighted by molar-refractivity contribution is 5.03. The van der Waals surface area contributed by atoms with Gasteiger partial charge >= 0.3 is 0 Å². The third-order valence-corrected chi connectivity index (χ3v) is 3.24. The van der Waals surface area contributed by atoms with Crippen LogP contribution >= 0.6 is 0 Å². The van der Waals surface area contributed by atoms with E-state index in [1.165, 1.54) is 18.4 Å². The summed E-state index contributed by atoms with van der Waals surface area (Å²) in [5, 5.41) is 8.74. The third kappa shape index (κ3) is 9.73. The van der Waals surface area contributed by atoms with Crippen LogP contribution in [0.3, 0.4) is 0 Å². The van der Waals surface area contributed by atoms with Gasteiger partial charge in [0.05, 0.1) is 6.61 Å². The summed E-state index contributed by atoms with van der Waals surface area (Å²) in [6, 6.07) is 8.08. The Kier molecular flexibility index (Phi) is 14.1. The highest BCUT2D eigenvalue weighted by atomic mass is 16.3. The molecule has 2 aromatic heterocycles. The molecule has 0 aliphatic rings. The van der Waals surface area contributed by atoms with Crippen LogP contribution in [0.5, 0.6) is 0 Å². The lowest BCUT2D eigenvalue weighted by atomic mass is 10.3. The zero-order chi connectivity index (χ0) is 15.5. The first kappa shape index (κ1) is 23.4. The van der Waals surface area contributed by atoms with E-state index in [2.05, 4.69) is 49.9 Å². The molecule has 5 nitrogen and oxygen atoms in total. The minimum absolute atomic E-state index is 0. The maximum atomic E-state index is 8.74. The van der Waals surface area contributed by atoms with Crippen molar-refractivity contribution in [2.24, 2.45) is 0 Å². The molecule has 0 aromatic carbocycles. The summed E-state index contributed by atoms with van der Waals surface area (Å²) in [6.07, 6.45) is 10.8. The molecule has 2 rings (SSSR count). The molecule has 0 aliphatic carbocycles. The van der Waals surface area contributed by atoms with E-state index >= 15 is 0 Å². The van der Waals surface area contributed by atoms with Gasteiger partial charge < -0.3 is 16.1 Å². The highest BCUT2D eigenvalue weighted by Gasteiger charge is 1.97. The fourth-order valence-electron chi connectivity index (χ4n) is 2.00. The number of aromatic nitrogens is 2. The second-order valence-electron chi connectivity index (χ2n) is 5.17. The molecule has 0 fully saturated rings. The average molecular weight is 322 g/mol. The SMILES string of the molecule is CCCC[n+]1cccc(C)c1.CC[n+]1cccc(CO)c1.[OH-].[OH-]. The summed E-state index contributed by atoms with van der Waals surface area (Å²) in [7, 11) is 0. The van der Waals surface area contributed by atoms with Crippen molar-refractivity contribution in [3.05, 3.63) is 60.2 Å². The molecule has 3 N–H and O–H groups in total. The van der Waals surface area contributed by atoms with Crippen LogP contribution < -0.4 is 9.13 Å². The minimum atomic E-state index is 0. The van der Waals surface area contributed by atoms with E-state index in [4.69, 9.17) is 5.11 Å². The summed E-state index contributed by atoms with van der Waals surface area (Å²) in [6.45, 7) is 8.65. The zero-order valence-corrected chi connectivity index (χ0v) is 14.4. The maximum Gasteiger partial charge on any atom is 0.174 e. The van der Waals surface area contributed by atoms with Gasteiger partial charge in [0.2, 0.25) is 0 Å². The molecule has 2 aromatic rings. The van der Waals surface area contributed by atoms with Gasteiger partial charge in [0.15, 0.2) is 24.8 Å². The van der Waals surface area contributed by atoms with Gasteiger partial charge in [-0.05, 0) is 26.0 Å². The second kappa shape index (κ2) is 13.8. The zero-order valence-electron chi connectivity index (χ0n) is 14.4. The van der Waals surface area contributed by atoms with Crippen LogP contribution in [-0.2, 0) is 19.7 Å². The number of rotatable bonds is 5. The van der Waals surface area contributed by atoms with Crippen LogP contribution in [0.4, 0.5) is 0 Å². The first-order valence-corrected chi connectivity index (χ1v) is 7.74. The van der Waals surface area contributed by atoms with Crippen molar-refractivity contribution in [1.29, 1.82) is 0 Å². The molecule has 0 saturated carbocycles. The second-order valence-corrected chi connectivity index (χ2v) is 5.17. The van der Waals surface area contributed by atoms with Gasteiger partial charge in [-0.1, -0.05) is 13.3 Å². The van der Waals surface area contributed by atoms with Crippen molar-refractivity contribution >= 4 is 0 Å². The molecule has 23 heavy (non-hydrogen) atoms. The molecule has 0 radical (unpaired) electrons. The van der Waals surface area contributed by atoms with Crippen LogP contribution in [0.2, 0.25) is 0 Å². The fraction of sp³-hybridized carbons (Fsp3) is 0.444. The predicted octanol–water partition coefficient (Wildman–Crippen LogP) is 2.22. The van der Waals surface area contributed by atoms with Crippen LogP contribution in [0.15, 0.2) is 49.1 Å². The quantitative estimate of drug-likeness (QED) is 0.856. The van der Waals surface area contributed by atoms with Gasteiger partial charge in [0, 0.05) is 29.7 Å². The molecule has 0 bridgehead atoms. The molecule has 2 heterocycles. The highest BCUT2D eigenvalue weighted by Crippen LogP contribution is 1.92. The maximum absolute atomic E-state index is 8.74. The largest absolute Gasteiger partial charge is 0.870 e. The number of aliphatic hydroxyl groups excluding tert-OH is 1. The van der Waals surface area contributed by atoms with Crippen molar-refractivity contribution in [2.45, 2.75) is 53.3 Å². The summed E-state index contributed by atoms with van der Waals surface area (Å²) in [5.41, 5.74) is 2.30. The van der Waals surface area contributed by atoms with E-state index in [-0.39, 0.29) is 17.6 Å². The van der Waals surface area contributed by atoms with Crippen molar-refractivity contribution in [2.75, 3.05) is 0 Å². The topological polar surface area (TPSA) is 88.0 Å². The predicted molar refractivity (Wildman–Crippen MR) is 88.4 cm³/mol. The van der Waals surface area contributed by atoms with Gasteiger partial charge in [0.25, 0.3) is 0 Å². The van der Waals surface area contributed by atoms with E-state index in [0.717, 1.165) is 18.7 Å².